The number of hydrogen-bond acceptors (Lipinski definition) is 2. The first-order valence-electron chi connectivity index (χ1n) is 6.12. The first kappa shape index (κ1) is 19.0. The van der Waals surface area contributed by atoms with Crippen molar-refractivity contribution in [1.29, 1.82) is 0 Å². The van der Waals surface area contributed by atoms with Crippen LogP contribution in [0.3, 0.4) is 0 Å². The molecule has 7 heteroatoms. The summed E-state index contributed by atoms with van der Waals surface area (Å²) in [4.78, 5) is 4.22. The van der Waals surface area contributed by atoms with Gasteiger partial charge in [-0.1, -0.05) is 6.07 Å². The zero-order valence-corrected chi connectivity index (χ0v) is 13.9. The fourth-order valence-corrected chi connectivity index (χ4v) is 1.43. The summed E-state index contributed by atoms with van der Waals surface area (Å²) >= 11 is 0. The van der Waals surface area contributed by atoms with Gasteiger partial charge in [0.05, 0.1) is 13.2 Å². The van der Waals surface area contributed by atoms with E-state index in [1.165, 1.54) is 12.1 Å². The number of methoxy groups -OCH3 is 1. The maximum absolute atomic E-state index is 13.4. The molecule has 0 saturated carbocycles. The number of benzene rings is 1. The number of rotatable bonds is 6. The summed E-state index contributed by atoms with van der Waals surface area (Å²) in [7, 11) is 1.61. The highest BCUT2D eigenvalue weighted by atomic mass is 127. The smallest absolute Gasteiger partial charge is 0.191 e. The highest BCUT2D eigenvalue weighted by Gasteiger charge is 2.03. The molecule has 1 aromatic rings. The predicted octanol–water partition coefficient (Wildman–Crippen LogP) is 2.28. The monoisotopic (exact) mass is 399 g/mol. The van der Waals surface area contributed by atoms with Gasteiger partial charge in [0.2, 0.25) is 0 Å². The third kappa shape index (κ3) is 6.99. The van der Waals surface area contributed by atoms with E-state index in [1.54, 1.807) is 7.11 Å². The maximum Gasteiger partial charge on any atom is 0.191 e. The largest absolute Gasteiger partial charge is 0.383 e. The number of hydrogen-bond donors (Lipinski definition) is 2. The normalized spacial score (nSPS) is 10.9. The Morgan fingerprint density at radius 1 is 1.30 bits per heavy atom. The summed E-state index contributed by atoms with van der Waals surface area (Å²) in [5.74, 6) is -0.602. The van der Waals surface area contributed by atoms with Crippen molar-refractivity contribution in [2.45, 2.75) is 13.5 Å². The summed E-state index contributed by atoms with van der Waals surface area (Å²) in [6.45, 7) is 3.94. The second-order valence-electron chi connectivity index (χ2n) is 3.85. The lowest BCUT2D eigenvalue weighted by atomic mass is 10.2. The first-order chi connectivity index (χ1) is 9.17. The lowest BCUT2D eigenvalue weighted by molar-refractivity contribution is 0.203. The van der Waals surface area contributed by atoms with E-state index < -0.39 is 11.6 Å². The summed E-state index contributed by atoms with van der Waals surface area (Å²) < 4.78 is 31.1. The van der Waals surface area contributed by atoms with Crippen molar-refractivity contribution in [2.75, 3.05) is 26.8 Å². The molecule has 0 aliphatic rings. The molecule has 0 spiro atoms. The zero-order chi connectivity index (χ0) is 14.1. The fraction of sp³-hybridized carbons (Fsp3) is 0.462. The Morgan fingerprint density at radius 3 is 2.65 bits per heavy atom. The van der Waals surface area contributed by atoms with E-state index in [0.29, 0.717) is 31.2 Å². The molecule has 2 N–H and O–H groups in total. The second kappa shape index (κ2) is 10.8. The molecule has 0 bridgehead atoms. The molecule has 0 atom stereocenters. The molecule has 0 aliphatic heterocycles. The fourth-order valence-electron chi connectivity index (χ4n) is 1.43. The van der Waals surface area contributed by atoms with Gasteiger partial charge in [0, 0.05) is 31.8 Å². The summed E-state index contributed by atoms with van der Waals surface area (Å²) in [5, 5.41) is 6.07. The van der Waals surface area contributed by atoms with Gasteiger partial charge in [-0.3, -0.25) is 0 Å². The molecule has 20 heavy (non-hydrogen) atoms. The number of halogens is 3. The Kier molecular flexibility index (Phi) is 10.3. The van der Waals surface area contributed by atoms with E-state index in [9.17, 15) is 8.78 Å². The Hall–Kier alpha value is -0.960. The number of nitrogens with one attached hydrogen (secondary N) is 2. The van der Waals surface area contributed by atoms with E-state index >= 15 is 0 Å². The molecule has 4 nitrogen and oxygen atoms in total. The summed E-state index contributed by atoms with van der Waals surface area (Å²) in [6.07, 6.45) is 0. The van der Waals surface area contributed by atoms with Crippen molar-refractivity contribution in [3.63, 3.8) is 0 Å². The minimum atomic E-state index is -0.588. The minimum absolute atomic E-state index is 0. The third-order valence-corrected chi connectivity index (χ3v) is 2.37. The molecule has 0 aromatic heterocycles. The lowest BCUT2D eigenvalue weighted by Crippen LogP contribution is -2.38. The highest BCUT2D eigenvalue weighted by Crippen LogP contribution is 2.10. The van der Waals surface area contributed by atoms with Gasteiger partial charge in [-0.25, -0.2) is 13.8 Å². The molecule has 0 aliphatic carbocycles. The molecule has 1 aromatic carbocycles. The van der Waals surface area contributed by atoms with Gasteiger partial charge in [0.1, 0.15) is 11.6 Å². The van der Waals surface area contributed by atoms with Crippen molar-refractivity contribution >= 4 is 29.9 Å². The van der Waals surface area contributed by atoms with Gasteiger partial charge in [0.15, 0.2) is 5.96 Å². The standard InChI is InChI=1S/C13H19F2N3O.HI/c1-3-16-13(17-6-7-19-2)18-9-10-4-5-11(14)8-12(10)15;/h4-5,8H,3,6-7,9H2,1-2H3,(H2,16,17,18);1H. The van der Waals surface area contributed by atoms with E-state index in [2.05, 4.69) is 15.6 Å². The van der Waals surface area contributed by atoms with Crippen LogP contribution in [-0.4, -0.2) is 32.8 Å². The van der Waals surface area contributed by atoms with Crippen LogP contribution in [0.1, 0.15) is 12.5 Å². The van der Waals surface area contributed by atoms with E-state index in [0.717, 1.165) is 6.07 Å². The Bertz CT molecular complexity index is 430. The average Bonchev–Trinajstić information content (AvgIpc) is 2.37. The van der Waals surface area contributed by atoms with Crippen molar-refractivity contribution in [3.05, 3.63) is 35.4 Å². The van der Waals surface area contributed by atoms with Gasteiger partial charge in [-0.05, 0) is 13.0 Å². The van der Waals surface area contributed by atoms with Crippen LogP contribution in [0.2, 0.25) is 0 Å². The van der Waals surface area contributed by atoms with Crippen LogP contribution in [0.25, 0.3) is 0 Å². The molecule has 114 valence electrons. The predicted molar refractivity (Wildman–Crippen MR) is 86.5 cm³/mol. The first-order valence-corrected chi connectivity index (χ1v) is 6.12. The summed E-state index contributed by atoms with van der Waals surface area (Å²) in [6, 6.07) is 3.47. The van der Waals surface area contributed by atoms with Crippen LogP contribution in [-0.2, 0) is 11.3 Å². The van der Waals surface area contributed by atoms with Crippen molar-refractivity contribution in [2.24, 2.45) is 4.99 Å². The molecular formula is C13H20F2IN3O. The van der Waals surface area contributed by atoms with Crippen LogP contribution in [0.4, 0.5) is 8.78 Å². The molecule has 0 radical (unpaired) electrons. The number of aliphatic imine (C=N–C) groups is 1. The zero-order valence-electron chi connectivity index (χ0n) is 11.6. The van der Waals surface area contributed by atoms with E-state index in [-0.39, 0.29) is 30.5 Å². The molecule has 0 amide bonds. The van der Waals surface area contributed by atoms with Crippen molar-refractivity contribution in [1.82, 2.24) is 10.6 Å². The number of guanidine groups is 1. The molecule has 0 saturated heterocycles. The van der Waals surface area contributed by atoms with Crippen molar-refractivity contribution < 1.29 is 13.5 Å². The topological polar surface area (TPSA) is 45.7 Å². The minimum Gasteiger partial charge on any atom is -0.383 e. The van der Waals surface area contributed by atoms with Gasteiger partial charge >= 0.3 is 0 Å². The highest BCUT2D eigenvalue weighted by molar-refractivity contribution is 14.0. The van der Waals surface area contributed by atoms with Crippen molar-refractivity contribution in [3.8, 4) is 0 Å². The van der Waals surface area contributed by atoms with Crippen LogP contribution < -0.4 is 10.6 Å². The summed E-state index contributed by atoms with van der Waals surface area (Å²) in [5.41, 5.74) is 0.352. The molecule has 0 fully saturated rings. The van der Waals surface area contributed by atoms with E-state index in [4.69, 9.17) is 4.74 Å². The van der Waals surface area contributed by atoms with Crippen LogP contribution >= 0.6 is 24.0 Å². The lowest BCUT2D eigenvalue weighted by Gasteiger charge is -2.10. The quantitative estimate of drug-likeness (QED) is 0.334. The van der Waals surface area contributed by atoms with Crippen LogP contribution in [0, 0.1) is 11.6 Å². The average molecular weight is 399 g/mol. The van der Waals surface area contributed by atoms with Gasteiger partial charge in [-0.2, -0.15) is 0 Å². The SMILES string of the molecule is CCNC(=NCc1ccc(F)cc1F)NCCOC.I. The van der Waals surface area contributed by atoms with Gasteiger partial charge < -0.3 is 15.4 Å². The Balaban J connectivity index is 0.00000361. The second-order valence-corrected chi connectivity index (χ2v) is 3.85. The molecule has 0 heterocycles. The molecule has 1 rings (SSSR count). The van der Waals surface area contributed by atoms with E-state index in [1.807, 2.05) is 6.92 Å². The molecule has 0 unspecified atom stereocenters. The van der Waals surface area contributed by atoms with Crippen LogP contribution in [0.15, 0.2) is 23.2 Å². The third-order valence-electron chi connectivity index (χ3n) is 2.37. The van der Waals surface area contributed by atoms with Gasteiger partial charge in [0.25, 0.3) is 0 Å². The maximum atomic E-state index is 13.4. The van der Waals surface area contributed by atoms with Gasteiger partial charge in [-0.15, -0.1) is 24.0 Å². The Morgan fingerprint density at radius 2 is 2.05 bits per heavy atom. The number of nitrogens with zero attached hydrogens (tertiary/aromatic N) is 1. The Labute approximate surface area is 135 Å². The van der Waals surface area contributed by atoms with Crippen LogP contribution in [0.5, 0.6) is 0 Å². The molecular weight excluding hydrogens is 379 g/mol. The number of ether oxygens (including phenoxy) is 1.